The van der Waals surface area contributed by atoms with Gasteiger partial charge in [0.05, 0.1) is 24.9 Å². The number of hydrogen-bond acceptors (Lipinski definition) is 6. The van der Waals surface area contributed by atoms with E-state index in [1.165, 1.54) is 27.9 Å². The Kier molecular flexibility index (Phi) is 5.86. The zero-order valence-corrected chi connectivity index (χ0v) is 22.1. The quantitative estimate of drug-likeness (QED) is 0.397. The predicted molar refractivity (Wildman–Crippen MR) is 143 cm³/mol. The SMILES string of the molecule is COc1cc(C(=O)N2CCCC(OC(N)=O)C2)cc2nc(-c3cc4cc(C)sc4n3CC3CC3)n(C)c12. The van der Waals surface area contributed by atoms with Gasteiger partial charge < -0.3 is 29.2 Å². The number of aryl methyl sites for hydroxylation is 2. The number of rotatable bonds is 6. The van der Waals surface area contributed by atoms with Crippen molar-refractivity contribution in [2.24, 2.45) is 18.7 Å². The van der Waals surface area contributed by atoms with Gasteiger partial charge in [-0.3, -0.25) is 4.79 Å². The van der Waals surface area contributed by atoms with Crippen LogP contribution in [0.15, 0.2) is 24.3 Å². The summed E-state index contributed by atoms with van der Waals surface area (Å²) in [4.78, 5) is 34.0. The number of thiophene rings is 1. The largest absolute Gasteiger partial charge is 0.494 e. The molecule has 1 saturated carbocycles. The van der Waals surface area contributed by atoms with Crippen LogP contribution in [0, 0.1) is 12.8 Å². The Morgan fingerprint density at radius 3 is 2.73 bits per heavy atom. The van der Waals surface area contributed by atoms with Crippen LogP contribution in [0.3, 0.4) is 0 Å². The molecule has 1 atom stereocenters. The number of likely N-dealkylation sites (tertiary alicyclic amines) is 1. The lowest BCUT2D eigenvalue weighted by Crippen LogP contribution is -2.44. The van der Waals surface area contributed by atoms with Crippen LogP contribution in [0.25, 0.3) is 32.8 Å². The summed E-state index contributed by atoms with van der Waals surface area (Å²) in [7, 11) is 3.61. The number of aromatic nitrogens is 3. The minimum absolute atomic E-state index is 0.140. The van der Waals surface area contributed by atoms with E-state index in [1.807, 2.05) is 24.5 Å². The first-order chi connectivity index (χ1) is 17.8. The molecule has 0 spiro atoms. The number of hydrogen-bond donors (Lipinski definition) is 1. The van der Waals surface area contributed by atoms with Crippen molar-refractivity contribution in [3.05, 3.63) is 34.7 Å². The number of primary amides is 1. The van der Waals surface area contributed by atoms with Crippen LogP contribution in [-0.4, -0.2) is 57.3 Å². The molecule has 0 bridgehead atoms. The van der Waals surface area contributed by atoms with E-state index in [2.05, 4.69) is 28.2 Å². The van der Waals surface area contributed by atoms with Gasteiger partial charge in [-0.1, -0.05) is 0 Å². The van der Waals surface area contributed by atoms with Gasteiger partial charge >= 0.3 is 6.09 Å². The second-order valence-electron chi connectivity index (χ2n) is 10.2. The number of fused-ring (bicyclic) bond motifs is 2. The van der Waals surface area contributed by atoms with E-state index in [-0.39, 0.29) is 12.0 Å². The molecule has 2 amide bonds. The number of nitrogens with two attached hydrogens (primary N) is 1. The van der Waals surface area contributed by atoms with Crippen molar-refractivity contribution in [2.45, 2.75) is 45.3 Å². The molecule has 4 heterocycles. The minimum Gasteiger partial charge on any atom is -0.494 e. The van der Waals surface area contributed by atoms with Gasteiger partial charge in [-0.2, -0.15) is 0 Å². The average molecular weight is 522 g/mol. The molecule has 37 heavy (non-hydrogen) atoms. The number of nitrogens with zero attached hydrogens (tertiary/aromatic N) is 4. The molecule has 2 fully saturated rings. The first-order valence-corrected chi connectivity index (χ1v) is 13.5. The Morgan fingerprint density at radius 2 is 2.00 bits per heavy atom. The number of piperidine rings is 1. The minimum atomic E-state index is -0.815. The molecule has 1 aliphatic carbocycles. The van der Waals surface area contributed by atoms with Crippen molar-refractivity contribution in [1.29, 1.82) is 0 Å². The third-order valence-corrected chi connectivity index (χ3v) is 8.50. The highest BCUT2D eigenvalue weighted by Gasteiger charge is 2.29. The predicted octanol–water partition coefficient (Wildman–Crippen LogP) is 4.68. The van der Waals surface area contributed by atoms with E-state index in [4.69, 9.17) is 20.2 Å². The van der Waals surface area contributed by atoms with Gasteiger partial charge in [0.25, 0.3) is 5.91 Å². The Labute approximate surface area is 218 Å². The molecule has 194 valence electrons. The fourth-order valence-corrected chi connectivity index (χ4v) is 6.49. The van der Waals surface area contributed by atoms with Gasteiger partial charge in [0, 0.05) is 36.0 Å². The second-order valence-corrected chi connectivity index (χ2v) is 11.4. The van der Waals surface area contributed by atoms with Crippen LogP contribution < -0.4 is 10.5 Å². The third-order valence-electron chi connectivity index (χ3n) is 7.41. The standard InChI is InChI=1S/C27H31N5O4S/c1-15-9-18-11-21(32(26(18)37-15)13-16-6-7-16)24-29-20-10-17(12-22(35-3)23(20)30(24)2)25(33)31-8-4-5-19(14-31)36-27(28)34/h9-12,16,19H,4-8,13-14H2,1-3H3,(H2,28,34). The van der Waals surface area contributed by atoms with E-state index in [1.54, 1.807) is 18.1 Å². The van der Waals surface area contributed by atoms with Crippen LogP contribution in [-0.2, 0) is 18.3 Å². The molecule has 1 aromatic carbocycles. The number of imidazole rings is 1. The highest BCUT2D eigenvalue weighted by molar-refractivity contribution is 7.18. The van der Waals surface area contributed by atoms with Crippen LogP contribution in [0.5, 0.6) is 5.75 Å². The lowest BCUT2D eigenvalue weighted by Gasteiger charge is -2.32. The summed E-state index contributed by atoms with van der Waals surface area (Å²) in [5.41, 5.74) is 8.34. The summed E-state index contributed by atoms with van der Waals surface area (Å²) in [5, 5.41) is 1.24. The number of methoxy groups -OCH3 is 1. The number of amides is 2. The maximum Gasteiger partial charge on any atom is 0.404 e. The number of ether oxygens (including phenoxy) is 2. The number of carbonyl (C=O) groups is 2. The summed E-state index contributed by atoms with van der Waals surface area (Å²) >= 11 is 1.82. The van der Waals surface area contributed by atoms with Crippen LogP contribution in [0.4, 0.5) is 4.79 Å². The van der Waals surface area contributed by atoms with Gasteiger partial charge in [-0.25, -0.2) is 9.78 Å². The third kappa shape index (κ3) is 4.33. The molecule has 3 aromatic heterocycles. The molecule has 1 unspecified atom stereocenters. The van der Waals surface area contributed by atoms with Gasteiger partial charge in [0.1, 0.15) is 22.2 Å². The fourth-order valence-electron chi connectivity index (χ4n) is 5.48. The molecular formula is C27H31N5O4S. The fraction of sp³-hybridized carbons (Fsp3) is 0.444. The molecule has 0 radical (unpaired) electrons. The monoisotopic (exact) mass is 521 g/mol. The zero-order chi connectivity index (χ0) is 25.8. The summed E-state index contributed by atoms with van der Waals surface area (Å²) in [5.74, 6) is 2.03. The molecule has 10 heteroatoms. The average Bonchev–Trinajstić information content (AvgIpc) is 3.42. The van der Waals surface area contributed by atoms with Crippen LogP contribution in [0.2, 0.25) is 0 Å². The topological polar surface area (TPSA) is 105 Å². The van der Waals surface area contributed by atoms with Crippen LogP contribution in [0.1, 0.15) is 40.9 Å². The summed E-state index contributed by atoms with van der Waals surface area (Å²) in [6.07, 6.45) is 2.77. The molecule has 1 aliphatic heterocycles. The van der Waals surface area contributed by atoms with Gasteiger partial charge in [0.15, 0.2) is 5.82 Å². The van der Waals surface area contributed by atoms with Crippen molar-refractivity contribution < 1.29 is 19.1 Å². The first-order valence-electron chi connectivity index (χ1n) is 12.7. The van der Waals surface area contributed by atoms with Crippen molar-refractivity contribution in [1.82, 2.24) is 19.0 Å². The van der Waals surface area contributed by atoms with Crippen molar-refractivity contribution >= 4 is 44.6 Å². The smallest absolute Gasteiger partial charge is 0.404 e. The Hall–Kier alpha value is -3.53. The highest BCUT2D eigenvalue weighted by Crippen LogP contribution is 2.40. The highest BCUT2D eigenvalue weighted by atomic mass is 32.1. The Balaban J connectivity index is 1.40. The first kappa shape index (κ1) is 23.8. The van der Waals surface area contributed by atoms with E-state index in [0.717, 1.165) is 35.9 Å². The lowest BCUT2D eigenvalue weighted by atomic mass is 10.1. The van der Waals surface area contributed by atoms with E-state index >= 15 is 0 Å². The number of carbonyl (C=O) groups excluding carboxylic acids is 2. The normalized spacial score (nSPS) is 18.0. The zero-order valence-electron chi connectivity index (χ0n) is 21.3. The molecule has 6 rings (SSSR count). The van der Waals surface area contributed by atoms with Crippen molar-refractivity contribution in [3.8, 4) is 17.3 Å². The van der Waals surface area contributed by atoms with Crippen molar-refractivity contribution in [2.75, 3.05) is 20.2 Å². The van der Waals surface area contributed by atoms with E-state index in [9.17, 15) is 9.59 Å². The van der Waals surface area contributed by atoms with Gasteiger partial charge in [-0.15, -0.1) is 11.3 Å². The van der Waals surface area contributed by atoms with E-state index < -0.39 is 6.09 Å². The molecule has 2 aliphatic rings. The molecule has 4 aromatic rings. The van der Waals surface area contributed by atoms with Gasteiger partial charge in [0.2, 0.25) is 0 Å². The van der Waals surface area contributed by atoms with Gasteiger partial charge in [-0.05, 0) is 62.8 Å². The number of benzene rings is 1. The molecule has 2 N–H and O–H groups in total. The maximum absolute atomic E-state index is 13.5. The molecule has 1 saturated heterocycles. The summed E-state index contributed by atoms with van der Waals surface area (Å²) < 4.78 is 15.4. The summed E-state index contributed by atoms with van der Waals surface area (Å²) in [6, 6.07) is 8.08. The second kappa shape index (κ2) is 9.09. The molecule has 9 nitrogen and oxygen atoms in total. The Morgan fingerprint density at radius 1 is 1.19 bits per heavy atom. The van der Waals surface area contributed by atoms with Crippen LogP contribution >= 0.6 is 11.3 Å². The summed E-state index contributed by atoms with van der Waals surface area (Å²) in [6.45, 7) is 4.05. The maximum atomic E-state index is 13.5. The van der Waals surface area contributed by atoms with Crippen molar-refractivity contribution in [3.63, 3.8) is 0 Å². The van der Waals surface area contributed by atoms with E-state index in [0.29, 0.717) is 36.3 Å². The lowest BCUT2D eigenvalue weighted by molar-refractivity contribution is 0.0373. The molecular weight excluding hydrogens is 490 g/mol. The Bertz CT molecular complexity index is 1530.